The van der Waals surface area contributed by atoms with Crippen molar-refractivity contribution in [3.63, 3.8) is 0 Å². The average Bonchev–Trinajstić information content (AvgIpc) is 2.72. The first-order valence-electron chi connectivity index (χ1n) is 11.6. The lowest BCUT2D eigenvalue weighted by Gasteiger charge is -2.32. The highest BCUT2D eigenvalue weighted by molar-refractivity contribution is 6.69. The van der Waals surface area contributed by atoms with Crippen molar-refractivity contribution in [3.8, 4) is 11.8 Å². The lowest BCUT2D eigenvalue weighted by atomic mass is 9.97. The molecule has 172 valence electrons. The largest absolute Gasteiger partial charge is 0.466 e. The zero-order valence-corrected chi connectivity index (χ0v) is 21.2. The number of anilines is 1. The fourth-order valence-electron chi connectivity index (χ4n) is 3.87. The minimum absolute atomic E-state index is 0.0262. The van der Waals surface area contributed by atoms with Gasteiger partial charge in [-0.3, -0.25) is 4.79 Å². The molecule has 2 rings (SSSR count). The Kier molecular flexibility index (Phi) is 9.51. The van der Waals surface area contributed by atoms with Crippen LogP contribution in [0.5, 0.6) is 0 Å². The first-order valence-corrected chi connectivity index (χ1v) is 15.0. The van der Waals surface area contributed by atoms with E-state index in [1.165, 1.54) is 12.8 Å². The summed E-state index contributed by atoms with van der Waals surface area (Å²) in [7, 11) is -1.73. The van der Waals surface area contributed by atoms with Crippen molar-refractivity contribution < 1.29 is 14.0 Å². The van der Waals surface area contributed by atoms with Gasteiger partial charge in [0, 0.05) is 19.3 Å². The Morgan fingerprint density at radius 3 is 2.58 bits per heavy atom. The second-order valence-corrected chi connectivity index (χ2v) is 13.8. The maximum atomic E-state index is 12.0. The number of aromatic nitrogens is 2. The molecule has 0 spiro atoms. The number of hydrogen-bond acceptors (Lipinski definition) is 6. The van der Waals surface area contributed by atoms with Gasteiger partial charge in [-0.1, -0.05) is 25.7 Å². The molecule has 1 unspecified atom stereocenters. The van der Waals surface area contributed by atoms with E-state index in [9.17, 15) is 4.79 Å². The number of carbonyl (C=O) groups is 1. The van der Waals surface area contributed by atoms with Crippen LogP contribution < -0.4 is 4.90 Å². The van der Waals surface area contributed by atoms with Gasteiger partial charge < -0.3 is 14.1 Å². The third kappa shape index (κ3) is 8.62. The van der Waals surface area contributed by atoms with E-state index in [1.54, 1.807) is 6.20 Å². The molecule has 1 aliphatic heterocycles. The van der Waals surface area contributed by atoms with E-state index in [2.05, 4.69) is 60.2 Å². The Hall–Kier alpha value is -1.91. The molecule has 0 radical (unpaired) electrons. The summed E-state index contributed by atoms with van der Waals surface area (Å²) >= 11 is 0. The van der Waals surface area contributed by atoms with Gasteiger partial charge in [-0.05, 0) is 71.2 Å². The molecule has 0 aliphatic carbocycles. The Balaban J connectivity index is 2.09. The van der Waals surface area contributed by atoms with Crippen LogP contribution >= 0.6 is 0 Å². The van der Waals surface area contributed by atoms with Crippen LogP contribution in [-0.2, 0) is 14.0 Å². The average molecular weight is 446 g/mol. The number of piperidine rings is 1. The number of carbonyl (C=O) groups excluding carboxylic acids is 1. The van der Waals surface area contributed by atoms with Gasteiger partial charge in [0.25, 0.3) is 0 Å². The fourth-order valence-corrected chi connectivity index (χ4v) is 5.37. The van der Waals surface area contributed by atoms with E-state index in [0.717, 1.165) is 38.8 Å². The van der Waals surface area contributed by atoms with Gasteiger partial charge in [-0.25, -0.2) is 9.97 Å². The van der Waals surface area contributed by atoms with Crippen LogP contribution in [0.1, 0.15) is 65.0 Å². The predicted molar refractivity (Wildman–Crippen MR) is 127 cm³/mol. The summed E-state index contributed by atoms with van der Waals surface area (Å²) in [5.74, 6) is 7.20. The molecular formula is C24H39N3O3Si. The zero-order valence-electron chi connectivity index (χ0n) is 20.2. The minimum atomic E-state index is -1.73. The van der Waals surface area contributed by atoms with Crippen molar-refractivity contribution >= 4 is 20.2 Å². The van der Waals surface area contributed by atoms with Gasteiger partial charge in [-0.15, -0.1) is 0 Å². The zero-order chi connectivity index (χ0) is 22.9. The molecule has 1 aromatic heterocycles. The number of esters is 1. The van der Waals surface area contributed by atoms with Crippen LogP contribution in [-0.4, -0.2) is 49.6 Å². The Morgan fingerprint density at radius 2 is 1.97 bits per heavy atom. The summed E-state index contributed by atoms with van der Waals surface area (Å²) in [6.45, 7) is 14.7. The van der Waals surface area contributed by atoms with E-state index >= 15 is 0 Å². The Labute approximate surface area is 189 Å². The van der Waals surface area contributed by atoms with E-state index in [4.69, 9.17) is 9.16 Å². The Bertz CT molecular complexity index is 776. The van der Waals surface area contributed by atoms with Gasteiger partial charge in [0.05, 0.1) is 12.5 Å². The number of rotatable bonds is 9. The van der Waals surface area contributed by atoms with E-state index < -0.39 is 13.9 Å². The highest BCUT2D eigenvalue weighted by atomic mass is 28.4. The lowest BCUT2D eigenvalue weighted by Crippen LogP contribution is -2.39. The normalized spacial score (nSPS) is 16.9. The molecule has 0 saturated carbocycles. The second-order valence-electron chi connectivity index (χ2n) is 9.41. The quantitative estimate of drug-likeness (QED) is 0.235. The summed E-state index contributed by atoms with van der Waals surface area (Å²) in [6.07, 6.45) is 7.69. The van der Waals surface area contributed by atoms with Crippen LogP contribution in [0.25, 0.3) is 0 Å². The maximum absolute atomic E-state index is 12.0. The van der Waals surface area contributed by atoms with Crippen LogP contribution in [0.15, 0.2) is 12.3 Å². The molecule has 1 aliphatic rings. The number of nitrogens with zero attached hydrogens (tertiary/aromatic N) is 3. The van der Waals surface area contributed by atoms with Gasteiger partial charge in [0.1, 0.15) is 11.3 Å². The number of hydrogen-bond donors (Lipinski definition) is 0. The molecule has 0 N–H and O–H groups in total. The SMILES string of the molecule is CCCCCC(C)(C#Cc1ccnc(N2CCC(C(=O)OCC)CC2)n1)O[Si](C)(C)C. The molecule has 0 amide bonds. The first kappa shape index (κ1) is 25.3. The molecular weight excluding hydrogens is 406 g/mol. The van der Waals surface area contributed by atoms with Gasteiger partial charge in [0.15, 0.2) is 8.32 Å². The molecule has 0 aromatic carbocycles. The van der Waals surface area contributed by atoms with Gasteiger partial charge >= 0.3 is 5.97 Å². The van der Waals surface area contributed by atoms with E-state index in [0.29, 0.717) is 18.2 Å². The van der Waals surface area contributed by atoms with E-state index in [1.807, 2.05) is 13.0 Å². The van der Waals surface area contributed by atoms with Crippen LogP contribution in [0, 0.1) is 17.8 Å². The third-order valence-corrected chi connectivity index (χ3v) is 6.35. The maximum Gasteiger partial charge on any atom is 0.309 e. The summed E-state index contributed by atoms with van der Waals surface area (Å²) < 4.78 is 11.6. The molecule has 1 saturated heterocycles. The smallest absolute Gasteiger partial charge is 0.309 e. The molecule has 6 nitrogen and oxygen atoms in total. The second kappa shape index (κ2) is 11.6. The highest BCUT2D eigenvalue weighted by Crippen LogP contribution is 2.24. The van der Waals surface area contributed by atoms with Crippen LogP contribution in [0.3, 0.4) is 0 Å². The summed E-state index contributed by atoms with van der Waals surface area (Å²) in [5, 5.41) is 0. The standard InChI is InChI=1S/C24H39N3O3Si/c1-7-9-10-15-24(3,30-31(4,5)6)16-11-21-12-17-25-23(26-21)27-18-13-20(14-19-27)22(28)29-8-2/h12,17,20H,7-10,13-15,18-19H2,1-6H3. The van der Waals surface area contributed by atoms with Crippen molar-refractivity contribution in [1.82, 2.24) is 9.97 Å². The minimum Gasteiger partial charge on any atom is -0.466 e. The Morgan fingerprint density at radius 1 is 1.26 bits per heavy atom. The molecule has 1 aromatic rings. The first-order chi connectivity index (χ1) is 14.7. The molecule has 0 bridgehead atoms. The van der Waals surface area contributed by atoms with Crippen LogP contribution in [0.4, 0.5) is 5.95 Å². The van der Waals surface area contributed by atoms with Crippen molar-refractivity contribution in [2.45, 2.75) is 84.5 Å². The van der Waals surface area contributed by atoms with Crippen molar-refractivity contribution in [3.05, 3.63) is 18.0 Å². The summed E-state index contributed by atoms with van der Waals surface area (Å²) in [5.41, 5.74) is 0.251. The molecule has 7 heteroatoms. The third-order valence-electron chi connectivity index (χ3n) is 5.28. The van der Waals surface area contributed by atoms with Gasteiger partial charge in [0.2, 0.25) is 5.95 Å². The molecule has 2 heterocycles. The van der Waals surface area contributed by atoms with Crippen LogP contribution in [0.2, 0.25) is 19.6 Å². The summed E-state index contributed by atoms with van der Waals surface area (Å²) in [6, 6.07) is 1.85. The predicted octanol–water partition coefficient (Wildman–Crippen LogP) is 4.80. The monoisotopic (exact) mass is 445 g/mol. The molecule has 1 fully saturated rings. The number of ether oxygens (including phenoxy) is 1. The highest BCUT2D eigenvalue weighted by Gasteiger charge is 2.30. The lowest BCUT2D eigenvalue weighted by molar-refractivity contribution is -0.148. The number of unbranched alkanes of at least 4 members (excludes halogenated alkanes) is 2. The van der Waals surface area contributed by atoms with Crippen molar-refractivity contribution in [2.75, 3.05) is 24.6 Å². The van der Waals surface area contributed by atoms with Gasteiger partial charge in [-0.2, -0.15) is 0 Å². The molecule has 1 atom stereocenters. The summed E-state index contributed by atoms with van der Waals surface area (Å²) in [4.78, 5) is 23.2. The van der Waals surface area contributed by atoms with Crippen molar-refractivity contribution in [1.29, 1.82) is 0 Å². The molecule has 31 heavy (non-hydrogen) atoms. The topological polar surface area (TPSA) is 64.6 Å². The van der Waals surface area contributed by atoms with Crippen molar-refractivity contribution in [2.24, 2.45) is 5.92 Å². The van der Waals surface area contributed by atoms with E-state index in [-0.39, 0.29) is 11.9 Å². The fraction of sp³-hybridized carbons (Fsp3) is 0.708.